The molecule has 0 radical (unpaired) electrons. The first-order chi connectivity index (χ1) is 8.00. The van der Waals surface area contributed by atoms with Crippen LogP contribution in [0, 0.1) is 6.92 Å². The number of aryl methyl sites for hydroxylation is 1. The van der Waals surface area contributed by atoms with Gasteiger partial charge in [0.15, 0.2) is 0 Å². The lowest BCUT2D eigenvalue weighted by atomic mass is 10.1. The number of nitrogens with two attached hydrogens (primary N) is 1. The number of ether oxygens (including phenoxy) is 1. The molecule has 0 aliphatic heterocycles. The molecular formula is C13H20N2O2. The Kier molecular flexibility index (Phi) is 4.97. The summed E-state index contributed by atoms with van der Waals surface area (Å²) in [5.41, 5.74) is 7.79. The van der Waals surface area contributed by atoms with E-state index >= 15 is 0 Å². The van der Waals surface area contributed by atoms with Crippen molar-refractivity contribution in [3.8, 4) is 0 Å². The van der Waals surface area contributed by atoms with Gasteiger partial charge in [0, 0.05) is 12.2 Å². The highest BCUT2D eigenvalue weighted by molar-refractivity contribution is 5.99. The molecule has 0 saturated carbocycles. The third kappa shape index (κ3) is 4.44. The average Bonchev–Trinajstić information content (AvgIpc) is 2.27. The van der Waals surface area contributed by atoms with Gasteiger partial charge in [-0.1, -0.05) is 11.6 Å². The maximum Gasteiger partial charge on any atom is 0.253 e. The largest absolute Gasteiger partial charge is 0.398 e. The molecule has 0 aromatic heterocycles. The van der Waals surface area contributed by atoms with Crippen molar-refractivity contribution >= 4 is 11.6 Å². The highest BCUT2D eigenvalue weighted by atomic mass is 16.5. The summed E-state index contributed by atoms with van der Waals surface area (Å²) in [6.45, 7) is 6.85. The molecule has 1 aromatic rings. The summed E-state index contributed by atoms with van der Waals surface area (Å²) in [6.07, 6.45) is 0.177. The quantitative estimate of drug-likeness (QED) is 0.604. The summed E-state index contributed by atoms with van der Waals surface area (Å²) >= 11 is 0. The Morgan fingerprint density at radius 3 is 2.82 bits per heavy atom. The van der Waals surface area contributed by atoms with Gasteiger partial charge in [-0.25, -0.2) is 0 Å². The molecule has 17 heavy (non-hydrogen) atoms. The standard InChI is InChI=1S/C13H20N2O2/c1-9(2)17-7-6-15-13(16)11-8-10(3)4-5-12(11)14/h4-5,8-9H,6-7,14H2,1-3H3,(H,15,16). The molecule has 94 valence electrons. The van der Waals surface area contributed by atoms with Crippen LogP contribution in [-0.2, 0) is 4.74 Å². The molecule has 1 aromatic carbocycles. The zero-order chi connectivity index (χ0) is 12.8. The summed E-state index contributed by atoms with van der Waals surface area (Å²) in [4.78, 5) is 11.8. The Labute approximate surface area is 102 Å². The van der Waals surface area contributed by atoms with E-state index < -0.39 is 0 Å². The van der Waals surface area contributed by atoms with E-state index in [9.17, 15) is 4.79 Å². The van der Waals surface area contributed by atoms with Crippen molar-refractivity contribution in [3.63, 3.8) is 0 Å². The van der Waals surface area contributed by atoms with Crippen molar-refractivity contribution in [2.24, 2.45) is 0 Å². The first kappa shape index (κ1) is 13.5. The molecule has 4 heteroatoms. The maximum atomic E-state index is 11.8. The number of nitrogens with one attached hydrogen (secondary N) is 1. The summed E-state index contributed by atoms with van der Waals surface area (Å²) in [6, 6.07) is 5.41. The van der Waals surface area contributed by atoms with Crippen LogP contribution in [0.15, 0.2) is 18.2 Å². The topological polar surface area (TPSA) is 64.4 Å². The lowest BCUT2D eigenvalue weighted by Crippen LogP contribution is -2.28. The second-order valence-corrected chi connectivity index (χ2v) is 4.27. The van der Waals surface area contributed by atoms with E-state index in [0.717, 1.165) is 5.56 Å². The number of benzene rings is 1. The fraction of sp³-hybridized carbons (Fsp3) is 0.462. The first-order valence-electron chi connectivity index (χ1n) is 5.76. The minimum atomic E-state index is -0.154. The van der Waals surface area contributed by atoms with E-state index in [4.69, 9.17) is 10.5 Å². The highest BCUT2D eigenvalue weighted by Crippen LogP contribution is 2.13. The zero-order valence-corrected chi connectivity index (χ0v) is 10.6. The van der Waals surface area contributed by atoms with Crippen molar-refractivity contribution < 1.29 is 9.53 Å². The van der Waals surface area contributed by atoms with Crippen LogP contribution in [0.5, 0.6) is 0 Å². The predicted octanol–water partition coefficient (Wildman–Crippen LogP) is 1.73. The van der Waals surface area contributed by atoms with Crippen LogP contribution in [0.4, 0.5) is 5.69 Å². The van der Waals surface area contributed by atoms with Gasteiger partial charge in [0.25, 0.3) is 5.91 Å². The van der Waals surface area contributed by atoms with Crippen molar-refractivity contribution in [3.05, 3.63) is 29.3 Å². The summed E-state index contributed by atoms with van der Waals surface area (Å²) < 4.78 is 5.34. The number of hydrogen-bond acceptors (Lipinski definition) is 3. The number of nitrogen functional groups attached to an aromatic ring is 1. The molecule has 0 saturated heterocycles. The monoisotopic (exact) mass is 236 g/mol. The number of carbonyl (C=O) groups is 1. The van der Waals surface area contributed by atoms with Gasteiger partial charge in [-0.2, -0.15) is 0 Å². The molecule has 4 nitrogen and oxygen atoms in total. The molecule has 3 N–H and O–H groups in total. The van der Waals surface area contributed by atoms with Gasteiger partial charge in [-0.05, 0) is 32.9 Å². The Balaban J connectivity index is 2.49. The molecule has 0 unspecified atom stereocenters. The number of amides is 1. The molecule has 0 spiro atoms. The van der Waals surface area contributed by atoms with Gasteiger partial charge in [-0.15, -0.1) is 0 Å². The number of carbonyl (C=O) groups excluding carboxylic acids is 1. The normalized spacial score (nSPS) is 10.6. The van der Waals surface area contributed by atoms with E-state index in [1.807, 2.05) is 26.8 Å². The van der Waals surface area contributed by atoms with E-state index in [2.05, 4.69) is 5.32 Å². The van der Waals surface area contributed by atoms with Gasteiger partial charge in [0.05, 0.1) is 18.3 Å². The van der Waals surface area contributed by atoms with Crippen molar-refractivity contribution in [1.82, 2.24) is 5.32 Å². The first-order valence-corrected chi connectivity index (χ1v) is 5.76. The number of hydrogen-bond donors (Lipinski definition) is 2. The molecule has 0 atom stereocenters. The lowest BCUT2D eigenvalue weighted by molar-refractivity contribution is 0.0747. The molecule has 1 rings (SSSR count). The van der Waals surface area contributed by atoms with Crippen molar-refractivity contribution in [2.45, 2.75) is 26.9 Å². The van der Waals surface area contributed by atoms with Crippen LogP contribution in [0.25, 0.3) is 0 Å². The minimum Gasteiger partial charge on any atom is -0.398 e. The smallest absolute Gasteiger partial charge is 0.253 e. The van der Waals surface area contributed by atoms with Gasteiger partial charge < -0.3 is 15.8 Å². The second kappa shape index (κ2) is 6.25. The molecule has 1 amide bonds. The second-order valence-electron chi connectivity index (χ2n) is 4.27. The Bertz CT molecular complexity index is 389. The van der Waals surface area contributed by atoms with Crippen molar-refractivity contribution in [1.29, 1.82) is 0 Å². The number of rotatable bonds is 5. The molecule has 0 heterocycles. The summed E-state index contributed by atoms with van der Waals surface area (Å²) in [5, 5.41) is 2.78. The van der Waals surface area contributed by atoms with Crippen molar-refractivity contribution in [2.75, 3.05) is 18.9 Å². The lowest BCUT2D eigenvalue weighted by Gasteiger charge is -2.10. The van der Waals surface area contributed by atoms with E-state index in [0.29, 0.717) is 24.4 Å². The third-order valence-electron chi connectivity index (χ3n) is 2.29. The molecule has 0 aliphatic carbocycles. The molecule has 0 fully saturated rings. The van der Waals surface area contributed by atoms with Crippen LogP contribution < -0.4 is 11.1 Å². The van der Waals surface area contributed by atoms with Crippen LogP contribution in [-0.4, -0.2) is 25.2 Å². The Morgan fingerprint density at radius 1 is 1.47 bits per heavy atom. The van der Waals surface area contributed by atoms with Crippen LogP contribution >= 0.6 is 0 Å². The maximum absolute atomic E-state index is 11.8. The van der Waals surface area contributed by atoms with E-state index in [-0.39, 0.29) is 12.0 Å². The van der Waals surface area contributed by atoms with Crippen LogP contribution in [0.3, 0.4) is 0 Å². The van der Waals surface area contributed by atoms with Crippen LogP contribution in [0.2, 0.25) is 0 Å². The number of anilines is 1. The third-order valence-corrected chi connectivity index (χ3v) is 2.29. The molecular weight excluding hydrogens is 216 g/mol. The summed E-state index contributed by atoms with van der Waals surface area (Å²) in [7, 11) is 0. The van der Waals surface area contributed by atoms with Gasteiger partial charge in [0.1, 0.15) is 0 Å². The Morgan fingerprint density at radius 2 is 2.18 bits per heavy atom. The summed E-state index contributed by atoms with van der Waals surface area (Å²) in [5.74, 6) is -0.154. The fourth-order valence-corrected chi connectivity index (χ4v) is 1.42. The average molecular weight is 236 g/mol. The minimum absolute atomic E-state index is 0.154. The van der Waals surface area contributed by atoms with Crippen LogP contribution in [0.1, 0.15) is 29.8 Å². The zero-order valence-electron chi connectivity index (χ0n) is 10.6. The predicted molar refractivity (Wildman–Crippen MR) is 69.0 cm³/mol. The molecule has 0 aliphatic rings. The van der Waals surface area contributed by atoms with E-state index in [1.165, 1.54) is 0 Å². The van der Waals surface area contributed by atoms with Gasteiger partial charge >= 0.3 is 0 Å². The van der Waals surface area contributed by atoms with Gasteiger partial charge in [0.2, 0.25) is 0 Å². The molecule has 0 bridgehead atoms. The fourth-order valence-electron chi connectivity index (χ4n) is 1.42. The van der Waals surface area contributed by atoms with Gasteiger partial charge in [-0.3, -0.25) is 4.79 Å². The highest BCUT2D eigenvalue weighted by Gasteiger charge is 2.08. The SMILES string of the molecule is Cc1ccc(N)c(C(=O)NCCOC(C)C)c1. The van der Waals surface area contributed by atoms with E-state index in [1.54, 1.807) is 12.1 Å². The Hall–Kier alpha value is -1.55.